The number of nitrogens with zero attached hydrogens (tertiary/aromatic N) is 3. The summed E-state index contributed by atoms with van der Waals surface area (Å²) in [4.78, 5) is 10.1. The first-order valence-corrected chi connectivity index (χ1v) is 8.16. The first-order valence-electron chi connectivity index (χ1n) is 6.81. The van der Waals surface area contributed by atoms with Gasteiger partial charge in [0.1, 0.15) is 16.3 Å². The number of hydrogen-bond acceptors (Lipinski definition) is 3. The molecule has 0 aliphatic rings. The summed E-state index contributed by atoms with van der Waals surface area (Å²) in [5.74, 6) is 0.584. The Morgan fingerprint density at radius 2 is 2.24 bits per heavy atom. The Balaban J connectivity index is 2.16. The van der Waals surface area contributed by atoms with Crippen molar-refractivity contribution in [3.05, 3.63) is 45.9 Å². The van der Waals surface area contributed by atoms with Gasteiger partial charge in [0.25, 0.3) is 0 Å². The molecule has 110 valence electrons. The van der Waals surface area contributed by atoms with Crippen molar-refractivity contribution in [1.82, 2.24) is 14.5 Å². The van der Waals surface area contributed by atoms with Gasteiger partial charge in [-0.05, 0) is 25.5 Å². The fraction of sp³-hybridized carbons (Fsp3) is 0.333. The molecule has 0 aliphatic carbocycles. The molecular weight excluding hydrogens is 309 g/mol. The highest BCUT2D eigenvalue weighted by Crippen LogP contribution is 2.30. The number of thiazole rings is 1. The zero-order chi connectivity index (χ0) is 15.0. The third-order valence-electron chi connectivity index (χ3n) is 3.53. The summed E-state index contributed by atoms with van der Waals surface area (Å²) in [6.45, 7) is 4.15. The van der Waals surface area contributed by atoms with Crippen molar-refractivity contribution in [2.45, 2.75) is 32.2 Å². The molecule has 0 saturated heterocycles. The van der Waals surface area contributed by atoms with Gasteiger partial charge in [-0.15, -0.1) is 22.9 Å². The summed E-state index contributed by atoms with van der Waals surface area (Å²) in [6.07, 6.45) is 2.86. The maximum atomic E-state index is 13.9. The predicted octanol–water partition coefficient (Wildman–Crippen LogP) is 4.54. The molecule has 3 rings (SSSR count). The number of alkyl halides is 1. The first-order chi connectivity index (χ1) is 10.2. The van der Waals surface area contributed by atoms with E-state index >= 15 is 0 Å². The normalized spacial score (nSPS) is 13.0. The molecule has 2 heterocycles. The molecule has 2 aromatic heterocycles. The Bertz CT molecular complexity index is 780. The van der Waals surface area contributed by atoms with Crippen molar-refractivity contribution in [2.75, 3.05) is 0 Å². The standard InChI is InChI=1S/C15H15ClFN3S/c1-3-10-8-18-15(21-10)9(2)20-12-6-4-5-11(17)14(12)19-13(20)7-16/h4-6,8-9H,3,7H2,1-2H3. The number of halogens is 2. The average molecular weight is 324 g/mol. The van der Waals surface area contributed by atoms with Gasteiger partial charge in [0, 0.05) is 11.1 Å². The lowest BCUT2D eigenvalue weighted by Crippen LogP contribution is -2.09. The Hall–Kier alpha value is -1.46. The maximum Gasteiger partial charge on any atom is 0.151 e. The van der Waals surface area contributed by atoms with Crippen LogP contribution in [0.4, 0.5) is 4.39 Å². The van der Waals surface area contributed by atoms with Crippen molar-refractivity contribution in [2.24, 2.45) is 0 Å². The van der Waals surface area contributed by atoms with E-state index in [1.54, 1.807) is 17.4 Å². The van der Waals surface area contributed by atoms with Crippen LogP contribution in [-0.4, -0.2) is 14.5 Å². The molecule has 21 heavy (non-hydrogen) atoms. The van der Waals surface area contributed by atoms with Crippen LogP contribution in [-0.2, 0) is 12.3 Å². The number of aromatic nitrogens is 3. The predicted molar refractivity (Wildman–Crippen MR) is 84.6 cm³/mol. The Morgan fingerprint density at radius 3 is 2.90 bits per heavy atom. The van der Waals surface area contributed by atoms with Crippen LogP contribution >= 0.6 is 22.9 Å². The molecule has 3 nitrogen and oxygen atoms in total. The van der Waals surface area contributed by atoms with E-state index in [1.165, 1.54) is 10.9 Å². The van der Waals surface area contributed by atoms with Gasteiger partial charge in [-0.2, -0.15) is 0 Å². The van der Waals surface area contributed by atoms with Gasteiger partial charge in [0.15, 0.2) is 5.82 Å². The number of para-hydroxylation sites is 1. The molecule has 0 amide bonds. The minimum absolute atomic E-state index is 0.0177. The van der Waals surface area contributed by atoms with Gasteiger partial charge in [-0.25, -0.2) is 14.4 Å². The van der Waals surface area contributed by atoms with Crippen LogP contribution in [0.5, 0.6) is 0 Å². The molecule has 0 N–H and O–H groups in total. The average Bonchev–Trinajstić information content (AvgIpc) is 3.11. The lowest BCUT2D eigenvalue weighted by Gasteiger charge is -2.14. The van der Waals surface area contributed by atoms with Crippen LogP contribution in [0.15, 0.2) is 24.4 Å². The van der Waals surface area contributed by atoms with Crippen molar-refractivity contribution < 1.29 is 4.39 Å². The molecule has 1 atom stereocenters. The fourth-order valence-electron chi connectivity index (χ4n) is 2.45. The van der Waals surface area contributed by atoms with Crippen molar-refractivity contribution in [3.63, 3.8) is 0 Å². The number of rotatable bonds is 4. The van der Waals surface area contributed by atoms with Gasteiger partial charge >= 0.3 is 0 Å². The monoisotopic (exact) mass is 323 g/mol. The molecule has 0 bridgehead atoms. The summed E-state index contributed by atoms with van der Waals surface area (Å²) in [5, 5.41) is 0.988. The second kappa shape index (κ2) is 5.73. The minimum Gasteiger partial charge on any atom is -0.317 e. The summed E-state index contributed by atoms with van der Waals surface area (Å²) in [5.41, 5.74) is 1.12. The van der Waals surface area contributed by atoms with Gasteiger partial charge < -0.3 is 4.57 Å². The lowest BCUT2D eigenvalue weighted by atomic mass is 10.2. The molecule has 0 fully saturated rings. The van der Waals surface area contributed by atoms with Gasteiger partial charge in [-0.1, -0.05) is 13.0 Å². The smallest absolute Gasteiger partial charge is 0.151 e. The molecule has 1 unspecified atom stereocenters. The number of hydrogen-bond donors (Lipinski definition) is 0. The molecule has 1 aromatic carbocycles. The highest BCUT2D eigenvalue weighted by Gasteiger charge is 2.20. The molecule has 0 saturated carbocycles. The minimum atomic E-state index is -0.321. The van der Waals surface area contributed by atoms with Gasteiger partial charge in [0.2, 0.25) is 0 Å². The topological polar surface area (TPSA) is 30.7 Å². The second-order valence-corrected chi connectivity index (χ2v) is 6.25. The quantitative estimate of drug-likeness (QED) is 0.660. The summed E-state index contributed by atoms with van der Waals surface area (Å²) in [6, 6.07) is 4.96. The lowest BCUT2D eigenvalue weighted by molar-refractivity contribution is 0.629. The summed E-state index contributed by atoms with van der Waals surface area (Å²) in [7, 11) is 0. The molecule has 0 radical (unpaired) electrons. The van der Waals surface area contributed by atoms with E-state index in [9.17, 15) is 4.39 Å². The number of fused-ring (bicyclic) bond motifs is 1. The number of benzene rings is 1. The van der Waals surface area contributed by atoms with E-state index in [2.05, 4.69) is 16.9 Å². The zero-order valence-corrected chi connectivity index (χ0v) is 13.4. The molecular formula is C15H15ClFN3S. The highest BCUT2D eigenvalue weighted by molar-refractivity contribution is 7.11. The second-order valence-electron chi connectivity index (χ2n) is 4.83. The van der Waals surface area contributed by atoms with Crippen molar-refractivity contribution in [3.8, 4) is 0 Å². The van der Waals surface area contributed by atoms with E-state index in [0.29, 0.717) is 11.3 Å². The van der Waals surface area contributed by atoms with Crippen LogP contribution in [0.3, 0.4) is 0 Å². The molecule has 0 spiro atoms. The Labute approximate surface area is 131 Å². The molecule has 6 heteroatoms. The summed E-state index contributed by atoms with van der Waals surface area (Å²) >= 11 is 7.67. The van der Waals surface area contributed by atoms with Crippen molar-refractivity contribution in [1.29, 1.82) is 0 Å². The number of aryl methyl sites for hydroxylation is 1. The third-order valence-corrected chi connectivity index (χ3v) is 5.08. The maximum absolute atomic E-state index is 13.9. The summed E-state index contributed by atoms with van der Waals surface area (Å²) < 4.78 is 15.9. The van der Waals surface area contributed by atoms with Crippen LogP contribution in [0.1, 0.15) is 35.6 Å². The number of imidazole rings is 1. The van der Waals surface area contributed by atoms with E-state index in [4.69, 9.17) is 11.6 Å². The van der Waals surface area contributed by atoms with Crippen LogP contribution < -0.4 is 0 Å². The SMILES string of the molecule is CCc1cnc(C(C)n2c(CCl)nc3c(F)cccc32)s1. The van der Waals surface area contributed by atoms with Gasteiger partial charge in [0.05, 0.1) is 17.4 Å². The Morgan fingerprint density at radius 1 is 1.43 bits per heavy atom. The molecule has 0 aliphatic heterocycles. The largest absolute Gasteiger partial charge is 0.317 e. The van der Waals surface area contributed by atoms with Crippen LogP contribution in [0.2, 0.25) is 0 Å². The van der Waals surface area contributed by atoms with E-state index < -0.39 is 0 Å². The van der Waals surface area contributed by atoms with E-state index in [0.717, 1.165) is 16.9 Å². The van der Waals surface area contributed by atoms with E-state index in [-0.39, 0.29) is 17.7 Å². The third kappa shape index (κ3) is 2.45. The van der Waals surface area contributed by atoms with Gasteiger partial charge in [-0.3, -0.25) is 0 Å². The van der Waals surface area contributed by atoms with Crippen LogP contribution in [0, 0.1) is 5.82 Å². The highest BCUT2D eigenvalue weighted by atomic mass is 35.5. The zero-order valence-electron chi connectivity index (χ0n) is 11.8. The first kappa shape index (κ1) is 14.5. The van der Waals surface area contributed by atoms with Crippen LogP contribution in [0.25, 0.3) is 11.0 Å². The van der Waals surface area contributed by atoms with E-state index in [1.807, 2.05) is 23.8 Å². The fourth-order valence-corrected chi connectivity index (χ4v) is 3.54. The molecule has 3 aromatic rings. The Kier molecular flexibility index (Phi) is 3.95. The van der Waals surface area contributed by atoms with Crippen molar-refractivity contribution >= 4 is 34.0 Å².